The first-order valence-electron chi connectivity index (χ1n) is 7.14. The van der Waals surface area contributed by atoms with Gasteiger partial charge in [0.05, 0.1) is 6.54 Å². The van der Waals surface area contributed by atoms with Gasteiger partial charge in [-0.3, -0.25) is 9.36 Å². The van der Waals surface area contributed by atoms with E-state index in [0.717, 1.165) is 24.3 Å². The van der Waals surface area contributed by atoms with Crippen molar-refractivity contribution >= 4 is 5.82 Å². The number of anilines is 1. The summed E-state index contributed by atoms with van der Waals surface area (Å²) in [5.74, 6) is 0.782. The van der Waals surface area contributed by atoms with Crippen molar-refractivity contribution in [1.82, 2.24) is 14.1 Å². The normalized spacial score (nSPS) is 10.6. The van der Waals surface area contributed by atoms with Crippen LogP contribution in [0.1, 0.15) is 25.8 Å². The van der Waals surface area contributed by atoms with Crippen LogP contribution in [0.15, 0.2) is 40.2 Å². The van der Waals surface area contributed by atoms with Gasteiger partial charge in [-0.05, 0) is 25.0 Å². The molecule has 6 heteroatoms. The number of hydrogen-bond acceptors (Lipinski definition) is 4. The predicted octanol–water partition coefficient (Wildman–Crippen LogP) is 1.30. The number of hydrogen-bond donors (Lipinski definition) is 1. The second-order valence-electron chi connectivity index (χ2n) is 4.80. The second-order valence-corrected chi connectivity index (χ2v) is 4.80. The lowest BCUT2D eigenvalue weighted by Gasteiger charge is -2.09. The Labute approximate surface area is 123 Å². The Kier molecular flexibility index (Phi) is 4.92. The van der Waals surface area contributed by atoms with E-state index >= 15 is 0 Å². The summed E-state index contributed by atoms with van der Waals surface area (Å²) in [6.07, 6.45) is 4.08. The summed E-state index contributed by atoms with van der Waals surface area (Å²) in [6, 6.07) is 5.14. The molecular formula is C15H20N4O2. The number of nitrogens with one attached hydrogen (secondary N) is 1. The predicted molar refractivity (Wildman–Crippen MR) is 82.8 cm³/mol. The van der Waals surface area contributed by atoms with E-state index in [1.807, 2.05) is 26.0 Å². The lowest BCUT2D eigenvalue weighted by Crippen LogP contribution is -2.39. The van der Waals surface area contributed by atoms with Crippen LogP contribution >= 0.6 is 0 Å². The van der Waals surface area contributed by atoms with E-state index in [9.17, 15) is 9.59 Å². The van der Waals surface area contributed by atoms with E-state index in [0.29, 0.717) is 6.54 Å². The fraction of sp³-hybridized carbons (Fsp3) is 0.400. The summed E-state index contributed by atoms with van der Waals surface area (Å²) in [5.41, 5.74) is 0.258. The zero-order chi connectivity index (χ0) is 15.2. The molecule has 0 bridgehead atoms. The van der Waals surface area contributed by atoms with Gasteiger partial charge >= 0.3 is 5.69 Å². The maximum atomic E-state index is 12.2. The van der Waals surface area contributed by atoms with Crippen molar-refractivity contribution in [2.75, 3.05) is 11.9 Å². The number of pyridine rings is 1. The molecule has 1 N–H and O–H groups in total. The first-order valence-corrected chi connectivity index (χ1v) is 7.14. The van der Waals surface area contributed by atoms with E-state index in [1.54, 1.807) is 17.0 Å². The molecule has 2 rings (SSSR count). The maximum Gasteiger partial charge on any atom is 0.331 e. The standard InChI is InChI=1S/C15H20N4O2/c1-3-8-18-9-7-14(20)19(15(18)21)11-12-5-6-13(16-4-2)17-10-12/h5-7,9-10H,3-4,8,11H2,1-2H3,(H,16,17). The lowest BCUT2D eigenvalue weighted by molar-refractivity contribution is 0.570. The minimum absolute atomic E-state index is 0.238. The summed E-state index contributed by atoms with van der Waals surface area (Å²) in [5, 5.41) is 3.10. The van der Waals surface area contributed by atoms with Crippen LogP contribution < -0.4 is 16.6 Å². The summed E-state index contributed by atoms with van der Waals surface area (Å²) in [4.78, 5) is 28.4. The molecule has 2 aromatic rings. The van der Waals surface area contributed by atoms with Gasteiger partial charge in [0.2, 0.25) is 0 Å². The summed E-state index contributed by atoms with van der Waals surface area (Å²) in [6.45, 7) is 5.63. The van der Waals surface area contributed by atoms with Crippen molar-refractivity contribution in [3.63, 3.8) is 0 Å². The second kappa shape index (κ2) is 6.88. The Bertz CT molecular complexity index is 701. The molecule has 0 fully saturated rings. The average molecular weight is 288 g/mol. The van der Waals surface area contributed by atoms with Crippen molar-refractivity contribution in [2.24, 2.45) is 0 Å². The van der Waals surface area contributed by atoms with Gasteiger partial charge in [-0.1, -0.05) is 13.0 Å². The molecule has 0 atom stereocenters. The Balaban J connectivity index is 2.28. The smallest absolute Gasteiger partial charge is 0.331 e. The molecule has 0 unspecified atom stereocenters. The first kappa shape index (κ1) is 15.0. The zero-order valence-electron chi connectivity index (χ0n) is 12.4. The maximum absolute atomic E-state index is 12.2. The molecule has 0 aromatic carbocycles. The van der Waals surface area contributed by atoms with Crippen LogP contribution in [0.3, 0.4) is 0 Å². The van der Waals surface area contributed by atoms with Crippen molar-refractivity contribution < 1.29 is 0 Å². The molecule has 0 aliphatic heterocycles. The fourth-order valence-electron chi connectivity index (χ4n) is 2.10. The number of rotatable bonds is 6. The Hall–Kier alpha value is -2.37. The molecule has 2 heterocycles. The van der Waals surface area contributed by atoms with E-state index in [4.69, 9.17) is 0 Å². The molecule has 0 saturated carbocycles. The van der Waals surface area contributed by atoms with Crippen molar-refractivity contribution in [2.45, 2.75) is 33.4 Å². The SMILES string of the molecule is CCCn1ccc(=O)n(Cc2ccc(NCC)nc2)c1=O. The highest BCUT2D eigenvalue weighted by atomic mass is 16.2. The molecule has 6 nitrogen and oxygen atoms in total. The van der Waals surface area contributed by atoms with E-state index in [-0.39, 0.29) is 17.8 Å². The third-order valence-corrected chi connectivity index (χ3v) is 3.13. The van der Waals surface area contributed by atoms with Gasteiger partial charge in [0.15, 0.2) is 0 Å². The average Bonchev–Trinajstić information content (AvgIpc) is 2.49. The van der Waals surface area contributed by atoms with E-state index in [2.05, 4.69) is 10.3 Å². The quantitative estimate of drug-likeness (QED) is 0.870. The number of aromatic nitrogens is 3. The molecule has 0 spiro atoms. The zero-order valence-corrected chi connectivity index (χ0v) is 12.4. The third-order valence-electron chi connectivity index (χ3n) is 3.13. The topological polar surface area (TPSA) is 68.9 Å². The third kappa shape index (κ3) is 3.59. The van der Waals surface area contributed by atoms with Gasteiger partial charge in [-0.25, -0.2) is 9.78 Å². The van der Waals surface area contributed by atoms with Crippen LogP contribution in [0.25, 0.3) is 0 Å². The number of nitrogens with zero attached hydrogens (tertiary/aromatic N) is 3. The van der Waals surface area contributed by atoms with E-state index in [1.165, 1.54) is 10.6 Å². The van der Waals surface area contributed by atoms with Gasteiger partial charge in [0, 0.05) is 31.5 Å². The van der Waals surface area contributed by atoms with Gasteiger partial charge in [-0.2, -0.15) is 0 Å². The highest BCUT2D eigenvalue weighted by molar-refractivity contribution is 5.35. The van der Waals surface area contributed by atoms with Crippen molar-refractivity contribution in [3.8, 4) is 0 Å². The monoisotopic (exact) mass is 288 g/mol. The molecular weight excluding hydrogens is 268 g/mol. The lowest BCUT2D eigenvalue weighted by atomic mass is 10.3. The van der Waals surface area contributed by atoms with Gasteiger partial charge in [0.1, 0.15) is 5.82 Å². The first-order chi connectivity index (χ1) is 10.2. The molecule has 0 aliphatic rings. The van der Waals surface area contributed by atoms with Crippen LogP contribution in [0, 0.1) is 0 Å². The van der Waals surface area contributed by atoms with Gasteiger partial charge in [0.25, 0.3) is 5.56 Å². The highest BCUT2D eigenvalue weighted by Crippen LogP contribution is 2.05. The Morgan fingerprint density at radius 3 is 2.62 bits per heavy atom. The molecule has 0 radical (unpaired) electrons. The van der Waals surface area contributed by atoms with Crippen LogP contribution in [0.4, 0.5) is 5.82 Å². The number of aryl methyl sites for hydroxylation is 1. The fourth-order valence-corrected chi connectivity index (χ4v) is 2.10. The summed E-state index contributed by atoms with van der Waals surface area (Å²) < 4.78 is 2.79. The Morgan fingerprint density at radius 1 is 1.19 bits per heavy atom. The van der Waals surface area contributed by atoms with Crippen LogP contribution in [0.2, 0.25) is 0 Å². The van der Waals surface area contributed by atoms with E-state index < -0.39 is 0 Å². The summed E-state index contributed by atoms with van der Waals surface area (Å²) in [7, 11) is 0. The van der Waals surface area contributed by atoms with Crippen molar-refractivity contribution in [1.29, 1.82) is 0 Å². The highest BCUT2D eigenvalue weighted by Gasteiger charge is 2.06. The van der Waals surface area contributed by atoms with Crippen LogP contribution in [-0.2, 0) is 13.1 Å². The molecule has 0 amide bonds. The minimum atomic E-state index is -0.289. The van der Waals surface area contributed by atoms with Crippen LogP contribution in [0.5, 0.6) is 0 Å². The molecule has 0 saturated heterocycles. The summed E-state index contributed by atoms with van der Waals surface area (Å²) >= 11 is 0. The minimum Gasteiger partial charge on any atom is -0.370 e. The van der Waals surface area contributed by atoms with Crippen LogP contribution in [-0.4, -0.2) is 20.7 Å². The molecule has 112 valence electrons. The van der Waals surface area contributed by atoms with Gasteiger partial charge in [-0.15, -0.1) is 0 Å². The molecule has 2 aromatic heterocycles. The Morgan fingerprint density at radius 2 is 2.00 bits per heavy atom. The van der Waals surface area contributed by atoms with Gasteiger partial charge < -0.3 is 9.88 Å². The molecule has 21 heavy (non-hydrogen) atoms. The van der Waals surface area contributed by atoms with Crippen molar-refractivity contribution in [3.05, 3.63) is 57.0 Å². The largest absolute Gasteiger partial charge is 0.370 e. The molecule has 0 aliphatic carbocycles.